The lowest BCUT2D eigenvalue weighted by molar-refractivity contribution is -0.144. The molecule has 0 aromatic heterocycles. The third-order valence-electron chi connectivity index (χ3n) is 3.84. The van der Waals surface area contributed by atoms with Crippen LogP contribution in [0.25, 0.3) is 0 Å². The van der Waals surface area contributed by atoms with Gasteiger partial charge < -0.3 is 15.7 Å². The van der Waals surface area contributed by atoms with Crippen LogP contribution in [-0.2, 0) is 4.79 Å². The number of hydrogen-bond donors (Lipinski definition) is 3. The predicted octanol–water partition coefficient (Wildman–Crippen LogP) is 2.24. The van der Waals surface area contributed by atoms with Gasteiger partial charge in [-0.15, -0.1) is 0 Å². The van der Waals surface area contributed by atoms with E-state index in [0.717, 1.165) is 18.4 Å². The molecule has 6 nitrogen and oxygen atoms in total. The molecule has 1 unspecified atom stereocenters. The number of carboxylic acids is 1. The zero-order valence-corrected chi connectivity index (χ0v) is 11.9. The van der Waals surface area contributed by atoms with Crippen molar-refractivity contribution in [3.63, 3.8) is 0 Å². The van der Waals surface area contributed by atoms with Crippen LogP contribution in [0.1, 0.15) is 30.9 Å². The molecule has 2 amide bonds. The number of benzene rings is 1. The van der Waals surface area contributed by atoms with Gasteiger partial charge in [0.2, 0.25) is 0 Å². The van der Waals surface area contributed by atoms with Crippen LogP contribution in [-0.4, -0.2) is 22.6 Å². The van der Waals surface area contributed by atoms with Gasteiger partial charge >= 0.3 is 12.0 Å². The summed E-state index contributed by atoms with van der Waals surface area (Å²) < 4.78 is 0. The molecule has 1 aromatic carbocycles. The molecule has 1 saturated carbocycles. The van der Waals surface area contributed by atoms with E-state index in [9.17, 15) is 14.7 Å². The average molecular weight is 287 g/mol. The van der Waals surface area contributed by atoms with Gasteiger partial charge in [0.15, 0.2) is 0 Å². The van der Waals surface area contributed by atoms with E-state index in [1.54, 1.807) is 25.1 Å². The number of amides is 2. The molecular weight excluding hydrogens is 270 g/mol. The van der Waals surface area contributed by atoms with Gasteiger partial charge in [-0.05, 0) is 44.2 Å². The second kappa shape index (κ2) is 5.44. The number of carbonyl (C=O) groups excluding carboxylic acids is 1. The molecule has 0 bridgehead atoms. The Bertz CT molecular complexity index is 632. The molecule has 6 heteroatoms. The largest absolute Gasteiger partial charge is 0.480 e. The summed E-state index contributed by atoms with van der Waals surface area (Å²) in [6.45, 7) is 3.28. The molecular formula is C15H17N3O3. The standard InChI is InChI=1S/C15H17N3O3/c1-9-4-3-5-12(11(9)8-16)17-14(21)18-15(2,13(19)20)10-6-7-10/h3-5,10H,6-7H2,1-2H3,(H,19,20)(H2,17,18,21). The van der Waals surface area contributed by atoms with Gasteiger partial charge in [0.1, 0.15) is 11.6 Å². The number of aryl methyl sites for hydroxylation is 1. The summed E-state index contributed by atoms with van der Waals surface area (Å²) in [6.07, 6.45) is 1.58. The number of anilines is 1. The second-order valence-electron chi connectivity index (χ2n) is 5.47. The van der Waals surface area contributed by atoms with Crippen LogP contribution in [0.5, 0.6) is 0 Å². The van der Waals surface area contributed by atoms with Crippen molar-refractivity contribution in [1.29, 1.82) is 5.26 Å². The number of nitrogens with one attached hydrogen (secondary N) is 2. The molecule has 0 heterocycles. The van der Waals surface area contributed by atoms with Gasteiger partial charge in [0.25, 0.3) is 0 Å². The molecule has 0 aliphatic heterocycles. The average Bonchev–Trinajstić information content (AvgIpc) is 3.23. The molecule has 0 radical (unpaired) electrons. The summed E-state index contributed by atoms with van der Waals surface area (Å²) >= 11 is 0. The van der Waals surface area contributed by atoms with Crippen LogP contribution in [0.15, 0.2) is 18.2 Å². The molecule has 1 aliphatic rings. The van der Waals surface area contributed by atoms with Gasteiger partial charge in [-0.2, -0.15) is 5.26 Å². The first-order chi connectivity index (χ1) is 9.88. The van der Waals surface area contributed by atoms with Crippen LogP contribution in [0.4, 0.5) is 10.5 Å². The maximum Gasteiger partial charge on any atom is 0.329 e. The van der Waals surface area contributed by atoms with Gasteiger partial charge in [-0.3, -0.25) is 0 Å². The van der Waals surface area contributed by atoms with Crippen molar-refractivity contribution in [2.75, 3.05) is 5.32 Å². The summed E-state index contributed by atoms with van der Waals surface area (Å²) in [5, 5.41) is 23.5. The van der Waals surface area contributed by atoms with E-state index in [1.807, 2.05) is 6.07 Å². The Labute approximate surface area is 122 Å². The van der Waals surface area contributed by atoms with Gasteiger partial charge in [-0.1, -0.05) is 12.1 Å². The highest BCUT2D eigenvalue weighted by Crippen LogP contribution is 2.39. The van der Waals surface area contributed by atoms with Gasteiger partial charge in [0, 0.05) is 0 Å². The summed E-state index contributed by atoms with van der Waals surface area (Å²) in [5.74, 6) is -1.10. The maximum absolute atomic E-state index is 12.0. The minimum absolute atomic E-state index is 0.0475. The Balaban J connectivity index is 2.14. The predicted molar refractivity (Wildman–Crippen MR) is 76.8 cm³/mol. The Morgan fingerprint density at radius 1 is 1.43 bits per heavy atom. The van der Waals surface area contributed by atoms with Crippen LogP contribution in [0.2, 0.25) is 0 Å². The highest BCUT2D eigenvalue weighted by molar-refractivity contribution is 5.95. The molecule has 1 fully saturated rings. The summed E-state index contributed by atoms with van der Waals surface area (Å²) in [5.41, 5.74) is 0.217. The normalized spacial score (nSPS) is 16.4. The minimum Gasteiger partial charge on any atom is -0.480 e. The van der Waals surface area contributed by atoms with Crippen molar-refractivity contribution in [3.8, 4) is 6.07 Å². The van der Waals surface area contributed by atoms with Gasteiger partial charge in [0.05, 0.1) is 11.3 Å². The lowest BCUT2D eigenvalue weighted by atomic mass is 9.96. The fourth-order valence-electron chi connectivity index (χ4n) is 2.30. The molecule has 3 N–H and O–H groups in total. The molecule has 110 valence electrons. The molecule has 1 atom stereocenters. The van der Waals surface area contributed by atoms with E-state index in [1.165, 1.54) is 6.92 Å². The number of aliphatic carboxylic acids is 1. The highest BCUT2D eigenvalue weighted by atomic mass is 16.4. The fourth-order valence-corrected chi connectivity index (χ4v) is 2.30. The molecule has 2 rings (SSSR count). The van der Waals surface area contributed by atoms with E-state index in [4.69, 9.17) is 5.26 Å². The summed E-state index contributed by atoms with van der Waals surface area (Å²) in [7, 11) is 0. The Kier molecular flexibility index (Phi) is 3.85. The Morgan fingerprint density at radius 2 is 2.10 bits per heavy atom. The zero-order valence-electron chi connectivity index (χ0n) is 11.9. The SMILES string of the molecule is Cc1cccc(NC(=O)NC(C)(C(=O)O)C2CC2)c1C#N. The van der Waals surface area contributed by atoms with E-state index in [0.29, 0.717) is 11.3 Å². The first-order valence-electron chi connectivity index (χ1n) is 6.70. The molecule has 1 aromatic rings. The lowest BCUT2D eigenvalue weighted by Crippen LogP contribution is -2.55. The summed E-state index contributed by atoms with van der Waals surface area (Å²) in [6, 6.07) is 6.52. The number of nitrogens with zero attached hydrogens (tertiary/aromatic N) is 1. The number of carbonyl (C=O) groups is 2. The summed E-state index contributed by atoms with van der Waals surface area (Å²) in [4.78, 5) is 23.4. The van der Waals surface area contributed by atoms with Crippen LogP contribution in [0, 0.1) is 24.2 Å². The van der Waals surface area contributed by atoms with Gasteiger partial charge in [-0.25, -0.2) is 9.59 Å². The number of hydrogen-bond acceptors (Lipinski definition) is 3. The van der Waals surface area contributed by atoms with Crippen molar-refractivity contribution >= 4 is 17.7 Å². The molecule has 0 spiro atoms. The van der Waals surface area contributed by atoms with Crippen molar-refractivity contribution in [2.24, 2.45) is 5.92 Å². The smallest absolute Gasteiger partial charge is 0.329 e. The third-order valence-corrected chi connectivity index (χ3v) is 3.84. The Hall–Kier alpha value is -2.55. The van der Waals surface area contributed by atoms with E-state index >= 15 is 0 Å². The van der Waals surface area contributed by atoms with E-state index in [2.05, 4.69) is 10.6 Å². The Morgan fingerprint density at radius 3 is 2.62 bits per heavy atom. The molecule has 0 saturated heterocycles. The minimum atomic E-state index is -1.28. The van der Waals surface area contributed by atoms with E-state index in [-0.39, 0.29) is 5.92 Å². The van der Waals surface area contributed by atoms with E-state index < -0.39 is 17.5 Å². The topological polar surface area (TPSA) is 102 Å². The molecule has 1 aliphatic carbocycles. The lowest BCUT2D eigenvalue weighted by Gasteiger charge is -2.26. The molecule has 21 heavy (non-hydrogen) atoms. The number of nitriles is 1. The number of urea groups is 1. The quantitative estimate of drug-likeness (QED) is 0.790. The highest BCUT2D eigenvalue weighted by Gasteiger charge is 2.48. The maximum atomic E-state index is 12.0. The first-order valence-corrected chi connectivity index (χ1v) is 6.70. The monoisotopic (exact) mass is 287 g/mol. The first kappa shape index (κ1) is 14.9. The van der Waals surface area contributed by atoms with Crippen molar-refractivity contribution in [2.45, 2.75) is 32.2 Å². The van der Waals surface area contributed by atoms with Crippen LogP contribution >= 0.6 is 0 Å². The number of carboxylic acid groups (broad SMARTS) is 1. The van der Waals surface area contributed by atoms with Crippen molar-refractivity contribution in [3.05, 3.63) is 29.3 Å². The zero-order chi connectivity index (χ0) is 15.6. The van der Waals surface area contributed by atoms with Crippen molar-refractivity contribution in [1.82, 2.24) is 5.32 Å². The van der Waals surface area contributed by atoms with Crippen LogP contribution < -0.4 is 10.6 Å². The fraction of sp³-hybridized carbons (Fsp3) is 0.400. The van der Waals surface area contributed by atoms with Crippen LogP contribution in [0.3, 0.4) is 0 Å². The third kappa shape index (κ3) is 2.97. The number of rotatable bonds is 4. The second-order valence-corrected chi connectivity index (χ2v) is 5.47. The van der Waals surface area contributed by atoms with Crippen molar-refractivity contribution < 1.29 is 14.7 Å².